The fourth-order valence-corrected chi connectivity index (χ4v) is 4.90. The smallest absolute Gasteiger partial charge is 0.416 e. The molecule has 0 saturated carbocycles. The van der Waals surface area contributed by atoms with Crippen molar-refractivity contribution in [2.24, 2.45) is 17.6 Å². The standard InChI is InChI=1S/C27H35ClF3N3O2/c1-17(2)13-23(32)21-16-20(27(29,30)31)6-8-24(21)33-9-11-34(12-10-33)26(35)18(3)14-19-5-7-22(28)25(15-19)36-4/h5-8,15-18,23H,9-14,32H2,1-4H3/t18?,23-/m0/s1. The number of nitrogens with two attached hydrogens (primary N) is 1. The molecule has 1 unspecified atom stereocenters. The van der Waals surface area contributed by atoms with Crippen molar-refractivity contribution < 1.29 is 22.7 Å². The number of alkyl halides is 3. The fourth-order valence-electron chi connectivity index (χ4n) is 4.70. The molecule has 0 spiro atoms. The maximum atomic E-state index is 13.4. The Hall–Kier alpha value is -2.45. The molecule has 2 aromatic rings. The molecular formula is C27H35ClF3N3O2. The van der Waals surface area contributed by atoms with Crippen LogP contribution in [0.2, 0.25) is 5.02 Å². The SMILES string of the molecule is COc1cc(CC(C)C(=O)N2CCN(c3ccc(C(F)(F)F)cc3[C@@H](N)CC(C)C)CC2)ccc1Cl. The molecule has 2 atom stereocenters. The number of carbonyl (C=O) groups excluding carboxylic acids is 1. The predicted molar refractivity (Wildman–Crippen MR) is 137 cm³/mol. The number of nitrogens with zero attached hydrogens (tertiary/aromatic N) is 2. The highest BCUT2D eigenvalue weighted by atomic mass is 35.5. The first-order valence-electron chi connectivity index (χ1n) is 12.2. The molecule has 198 valence electrons. The molecule has 36 heavy (non-hydrogen) atoms. The summed E-state index contributed by atoms with van der Waals surface area (Å²) < 4.78 is 45.4. The Morgan fingerprint density at radius 1 is 1.08 bits per heavy atom. The molecule has 0 aromatic heterocycles. The average Bonchev–Trinajstić information content (AvgIpc) is 2.83. The summed E-state index contributed by atoms with van der Waals surface area (Å²) in [6.07, 6.45) is -3.29. The summed E-state index contributed by atoms with van der Waals surface area (Å²) in [7, 11) is 1.55. The van der Waals surface area contributed by atoms with Gasteiger partial charge < -0.3 is 20.3 Å². The summed E-state index contributed by atoms with van der Waals surface area (Å²) >= 11 is 6.10. The zero-order valence-electron chi connectivity index (χ0n) is 21.2. The molecule has 0 bridgehead atoms. The Morgan fingerprint density at radius 2 is 1.75 bits per heavy atom. The maximum absolute atomic E-state index is 13.4. The number of methoxy groups -OCH3 is 1. The first-order valence-corrected chi connectivity index (χ1v) is 12.6. The number of ether oxygens (including phenoxy) is 1. The second-order valence-corrected chi connectivity index (χ2v) is 10.3. The van der Waals surface area contributed by atoms with Crippen molar-refractivity contribution in [1.82, 2.24) is 4.90 Å². The minimum absolute atomic E-state index is 0.0488. The second kappa shape index (κ2) is 11.7. The molecule has 1 aliphatic rings. The van der Waals surface area contributed by atoms with Crippen LogP contribution < -0.4 is 15.4 Å². The van der Waals surface area contributed by atoms with Gasteiger partial charge in [0.15, 0.2) is 0 Å². The number of piperazine rings is 1. The first-order chi connectivity index (χ1) is 16.9. The summed E-state index contributed by atoms with van der Waals surface area (Å²) in [4.78, 5) is 17.0. The zero-order chi connectivity index (χ0) is 26.6. The number of hydrogen-bond donors (Lipinski definition) is 1. The Labute approximate surface area is 216 Å². The Morgan fingerprint density at radius 3 is 2.33 bits per heavy atom. The van der Waals surface area contributed by atoms with E-state index in [0.717, 1.165) is 11.6 Å². The van der Waals surface area contributed by atoms with Gasteiger partial charge in [-0.2, -0.15) is 13.2 Å². The van der Waals surface area contributed by atoms with Crippen LogP contribution in [-0.4, -0.2) is 44.1 Å². The molecule has 1 aliphatic heterocycles. The van der Waals surface area contributed by atoms with E-state index in [2.05, 4.69) is 0 Å². The number of benzene rings is 2. The molecule has 3 rings (SSSR count). The summed E-state index contributed by atoms with van der Waals surface area (Å²) in [5.41, 5.74) is 7.84. The molecule has 2 aromatic carbocycles. The lowest BCUT2D eigenvalue weighted by molar-refractivity contribution is -0.137. The number of amides is 1. The highest BCUT2D eigenvalue weighted by molar-refractivity contribution is 6.32. The van der Waals surface area contributed by atoms with Crippen LogP contribution in [0.5, 0.6) is 5.75 Å². The zero-order valence-corrected chi connectivity index (χ0v) is 22.0. The molecule has 5 nitrogen and oxygen atoms in total. The largest absolute Gasteiger partial charge is 0.495 e. The van der Waals surface area contributed by atoms with Crippen LogP contribution in [-0.2, 0) is 17.4 Å². The number of anilines is 1. The van der Waals surface area contributed by atoms with E-state index in [0.29, 0.717) is 61.0 Å². The summed E-state index contributed by atoms with van der Waals surface area (Å²) in [6.45, 7) is 7.94. The minimum Gasteiger partial charge on any atom is -0.495 e. The average molecular weight is 526 g/mol. The first kappa shape index (κ1) is 28.1. The summed E-state index contributed by atoms with van der Waals surface area (Å²) in [6, 6.07) is 8.81. The van der Waals surface area contributed by atoms with Crippen molar-refractivity contribution in [2.45, 2.75) is 45.8 Å². The third-order valence-electron chi connectivity index (χ3n) is 6.59. The number of rotatable bonds is 8. The van der Waals surface area contributed by atoms with Crippen molar-refractivity contribution in [3.63, 3.8) is 0 Å². The fraction of sp³-hybridized carbons (Fsp3) is 0.519. The highest BCUT2D eigenvalue weighted by Crippen LogP contribution is 2.36. The lowest BCUT2D eigenvalue weighted by Crippen LogP contribution is -2.50. The Balaban J connectivity index is 1.69. The number of hydrogen-bond acceptors (Lipinski definition) is 4. The van der Waals surface area contributed by atoms with Crippen molar-refractivity contribution in [3.8, 4) is 5.75 Å². The van der Waals surface area contributed by atoms with Crippen LogP contribution in [0.3, 0.4) is 0 Å². The molecule has 0 aliphatic carbocycles. The van der Waals surface area contributed by atoms with Gasteiger partial charge in [0, 0.05) is 43.8 Å². The van der Waals surface area contributed by atoms with Gasteiger partial charge in [-0.3, -0.25) is 4.79 Å². The quantitative estimate of drug-likeness (QED) is 0.463. The van der Waals surface area contributed by atoms with Crippen molar-refractivity contribution >= 4 is 23.2 Å². The molecular weight excluding hydrogens is 491 g/mol. The number of halogens is 4. The van der Waals surface area contributed by atoms with Gasteiger partial charge in [-0.05, 0) is 60.2 Å². The van der Waals surface area contributed by atoms with Crippen molar-refractivity contribution in [1.29, 1.82) is 0 Å². The van der Waals surface area contributed by atoms with E-state index < -0.39 is 17.8 Å². The van der Waals surface area contributed by atoms with Gasteiger partial charge in [-0.15, -0.1) is 0 Å². The van der Waals surface area contributed by atoms with E-state index in [4.69, 9.17) is 22.1 Å². The van der Waals surface area contributed by atoms with Crippen LogP contribution in [0, 0.1) is 11.8 Å². The van der Waals surface area contributed by atoms with Crippen molar-refractivity contribution in [2.75, 3.05) is 38.2 Å². The van der Waals surface area contributed by atoms with E-state index in [1.54, 1.807) is 13.2 Å². The monoisotopic (exact) mass is 525 g/mol. The van der Waals surface area contributed by atoms with E-state index in [1.807, 2.05) is 42.7 Å². The maximum Gasteiger partial charge on any atom is 0.416 e. The normalized spacial score (nSPS) is 16.3. The van der Waals surface area contributed by atoms with E-state index >= 15 is 0 Å². The molecule has 1 fully saturated rings. The van der Waals surface area contributed by atoms with E-state index in [-0.39, 0.29) is 17.7 Å². The van der Waals surface area contributed by atoms with Crippen molar-refractivity contribution in [3.05, 3.63) is 58.1 Å². The lowest BCUT2D eigenvalue weighted by Gasteiger charge is -2.38. The molecule has 9 heteroatoms. The third kappa shape index (κ3) is 6.85. The predicted octanol–water partition coefficient (Wildman–Crippen LogP) is 5.94. The van der Waals surface area contributed by atoms with Gasteiger partial charge >= 0.3 is 6.18 Å². The van der Waals surface area contributed by atoms with Gasteiger partial charge in [-0.25, -0.2) is 0 Å². The molecule has 2 N–H and O–H groups in total. The van der Waals surface area contributed by atoms with Crippen LogP contribution in [0.4, 0.5) is 18.9 Å². The Kier molecular flexibility index (Phi) is 9.17. The summed E-state index contributed by atoms with van der Waals surface area (Å²) in [5, 5.41) is 0.520. The van der Waals surface area contributed by atoms with Crippen LogP contribution in [0.1, 0.15) is 49.9 Å². The third-order valence-corrected chi connectivity index (χ3v) is 6.90. The van der Waals surface area contributed by atoms with Gasteiger partial charge in [-0.1, -0.05) is 38.4 Å². The Bertz CT molecular complexity index is 1050. The van der Waals surface area contributed by atoms with Gasteiger partial charge in [0.1, 0.15) is 5.75 Å². The van der Waals surface area contributed by atoms with E-state index in [9.17, 15) is 18.0 Å². The highest BCUT2D eigenvalue weighted by Gasteiger charge is 2.33. The second-order valence-electron chi connectivity index (χ2n) is 9.89. The molecule has 1 heterocycles. The molecule has 0 radical (unpaired) electrons. The van der Waals surface area contributed by atoms with Gasteiger partial charge in [0.25, 0.3) is 0 Å². The van der Waals surface area contributed by atoms with Crippen LogP contribution in [0.25, 0.3) is 0 Å². The topological polar surface area (TPSA) is 58.8 Å². The van der Waals surface area contributed by atoms with Crippen LogP contribution in [0.15, 0.2) is 36.4 Å². The minimum atomic E-state index is -4.43. The summed E-state index contributed by atoms with van der Waals surface area (Å²) in [5.74, 6) is 0.639. The molecule has 1 amide bonds. The number of carbonyl (C=O) groups is 1. The lowest BCUT2D eigenvalue weighted by atomic mass is 9.94. The van der Waals surface area contributed by atoms with E-state index in [1.165, 1.54) is 12.1 Å². The van der Waals surface area contributed by atoms with Gasteiger partial charge in [0.05, 0.1) is 17.7 Å². The van der Waals surface area contributed by atoms with Crippen LogP contribution >= 0.6 is 11.6 Å². The molecule has 1 saturated heterocycles. The van der Waals surface area contributed by atoms with Gasteiger partial charge in [0.2, 0.25) is 5.91 Å².